The summed E-state index contributed by atoms with van der Waals surface area (Å²) in [6, 6.07) is 1.66. The maximum absolute atomic E-state index is 12.5. The van der Waals surface area contributed by atoms with Gasteiger partial charge in [-0.2, -0.15) is 5.26 Å². The van der Waals surface area contributed by atoms with Crippen LogP contribution >= 0.6 is 16.1 Å². The lowest BCUT2D eigenvalue weighted by Crippen LogP contribution is -2.54. The van der Waals surface area contributed by atoms with Gasteiger partial charge in [0.15, 0.2) is 0 Å². The summed E-state index contributed by atoms with van der Waals surface area (Å²) in [5.74, 6) is 1.25. The zero-order chi connectivity index (χ0) is 23.7. The molecule has 0 bridgehead atoms. The van der Waals surface area contributed by atoms with Gasteiger partial charge < -0.3 is 27.9 Å². The molecule has 0 aromatic carbocycles. The maximum atomic E-state index is 12.5. The predicted octanol–water partition coefficient (Wildman–Crippen LogP) is 3.68. The van der Waals surface area contributed by atoms with Crippen LogP contribution in [0.15, 0.2) is 11.9 Å². The van der Waals surface area contributed by atoms with Gasteiger partial charge in [0.2, 0.25) is 0 Å². The topological polar surface area (TPSA) is 110 Å². The Morgan fingerprint density at radius 3 is 2.42 bits per heavy atom. The number of nitrogens with zero attached hydrogens (tertiary/aromatic N) is 2. The van der Waals surface area contributed by atoms with E-state index in [2.05, 4.69) is 10.7 Å². The van der Waals surface area contributed by atoms with E-state index in [0.29, 0.717) is 12.8 Å². The van der Waals surface area contributed by atoms with Crippen LogP contribution in [0.25, 0.3) is 0 Å². The molecule has 1 fully saturated rings. The van der Waals surface area contributed by atoms with Crippen LogP contribution in [0.4, 0.5) is 0 Å². The normalized spacial score (nSPS) is 26.1. The van der Waals surface area contributed by atoms with Crippen molar-refractivity contribution in [3.8, 4) is 6.07 Å². The number of nitriles is 1. The monoisotopic (exact) mass is 476 g/mol. The van der Waals surface area contributed by atoms with E-state index in [1.807, 2.05) is 27.7 Å². The number of aliphatic hydroxyl groups excluding tert-OH is 1. The first kappa shape index (κ1) is 28.7. The molecule has 1 rings (SSSR count). The van der Waals surface area contributed by atoms with Crippen molar-refractivity contribution in [3.63, 3.8) is 0 Å². The highest BCUT2D eigenvalue weighted by Crippen LogP contribution is 2.52. The van der Waals surface area contributed by atoms with Crippen molar-refractivity contribution in [3.05, 3.63) is 11.9 Å². The Morgan fingerprint density at radius 1 is 1.32 bits per heavy atom. The number of hydrogen-bond donors (Lipinski definition) is 1. The van der Waals surface area contributed by atoms with Crippen LogP contribution in [0, 0.1) is 11.3 Å². The molecule has 2 radical (unpaired) electrons. The van der Waals surface area contributed by atoms with Gasteiger partial charge in [-0.25, -0.2) is 4.67 Å². The van der Waals surface area contributed by atoms with Crippen molar-refractivity contribution in [2.45, 2.75) is 76.7 Å². The minimum Gasteiger partial charge on any atom is -0.393 e. The smallest absolute Gasteiger partial charge is 0.353 e. The zero-order valence-corrected chi connectivity index (χ0v) is 21.1. The SMILES string of the molecule is [B][C@H]1CC[C@H](OP(OCCC#N)N(C(C)C)C(C)C)[C@](/C=C/P(=O)(OC)OC)(CO)O1. The molecule has 1 aliphatic heterocycles. The van der Waals surface area contributed by atoms with E-state index in [0.717, 1.165) is 0 Å². The van der Waals surface area contributed by atoms with Gasteiger partial charge in [-0.15, -0.1) is 0 Å². The molecule has 0 spiro atoms. The molecule has 0 saturated carbocycles. The molecular weight excluding hydrogens is 441 g/mol. The molecule has 1 unspecified atom stereocenters. The lowest BCUT2D eigenvalue weighted by Gasteiger charge is -2.46. The third-order valence-corrected chi connectivity index (χ3v) is 8.48. The quantitative estimate of drug-likeness (QED) is 0.242. The molecule has 4 atom stereocenters. The summed E-state index contributed by atoms with van der Waals surface area (Å²) in [7, 11) is 3.48. The van der Waals surface area contributed by atoms with Crippen LogP contribution in [-0.4, -0.2) is 74.8 Å². The molecule has 31 heavy (non-hydrogen) atoms. The minimum atomic E-state index is -3.50. The molecule has 0 aliphatic carbocycles. The van der Waals surface area contributed by atoms with E-state index in [-0.39, 0.29) is 25.1 Å². The molecule has 0 aromatic rings. The molecular formula is C19H35BN2O7P2. The van der Waals surface area contributed by atoms with Gasteiger partial charge in [0.25, 0.3) is 8.53 Å². The largest absolute Gasteiger partial charge is 0.393 e. The van der Waals surface area contributed by atoms with E-state index in [1.165, 1.54) is 26.1 Å². The number of ether oxygens (including phenoxy) is 1. The molecule has 9 nitrogen and oxygen atoms in total. The van der Waals surface area contributed by atoms with E-state index < -0.39 is 40.4 Å². The Kier molecular flexibility index (Phi) is 12.4. The summed E-state index contributed by atoms with van der Waals surface area (Å²) in [6.45, 7) is 7.90. The van der Waals surface area contributed by atoms with Crippen molar-refractivity contribution in [2.75, 3.05) is 27.4 Å². The second kappa shape index (κ2) is 13.4. The second-order valence-electron chi connectivity index (χ2n) is 7.71. The standard InChI is InChI=1S/C19H35BN2O7P2/c1-15(2)22(16(3)4)30(27-12-7-11-21)29-17-8-9-18(20)28-19(17,14-23)10-13-31(24,25-5)26-6/h10,13,15-18,23H,7-9,12,14H2,1-6H3/b13-10+/t17-,18+,19-,30?/m0/s1. The first-order chi connectivity index (χ1) is 14.6. The molecule has 1 N–H and O–H groups in total. The van der Waals surface area contributed by atoms with Gasteiger partial charge in [-0.05, 0) is 46.6 Å². The van der Waals surface area contributed by atoms with E-state index in [9.17, 15) is 9.67 Å². The minimum absolute atomic E-state index is 0.112. The number of rotatable bonds is 13. The fourth-order valence-corrected chi connectivity index (χ4v) is 5.91. The Morgan fingerprint density at radius 2 is 1.94 bits per heavy atom. The van der Waals surface area contributed by atoms with Gasteiger partial charge in [0.05, 0.1) is 25.7 Å². The molecule has 12 heteroatoms. The van der Waals surface area contributed by atoms with Crippen LogP contribution in [0.3, 0.4) is 0 Å². The summed E-state index contributed by atoms with van der Waals surface area (Å²) in [5.41, 5.74) is -1.36. The van der Waals surface area contributed by atoms with Crippen molar-refractivity contribution >= 4 is 24.0 Å². The third kappa shape index (κ3) is 8.19. The Hall–Kier alpha value is -0.325. The summed E-state index contributed by atoms with van der Waals surface area (Å²) in [6.07, 6.45) is 2.04. The lowest BCUT2D eigenvalue weighted by molar-refractivity contribution is -0.152. The predicted molar refractivity (Wildman–Crippen MR) is 121 cm³/mol. The van der Waals surface area contributed by atoms with Crippen LogP contribution < -0.4 is 0 Å². The maximum Gasteiger partial charge on any atom is 0.353 e. The Balaban J connectivity index is 3.27. The molecule has 1 saturated heterocycles. The second-order valence-corrected chi connectivity index (χ2v) is 11.2. The molecule has 0 amide bonds. The van der Waals surface area contributed by atoms with E-state index in [4.69, 9.17) is 35.9 Å². The molecule has 1 heterocycles. The summed E-state index contributed by atoms with van der Waals surface area (Å²) >= 11 is 0. The highest BCUT2D eigenvalue weighted by molar-refractivity contribution is 7.57. The molecule has 0 aromatic heterocycles. The van der Waals surface area contributed by atoms with Crippen LogP contribution in [-0.2, 0) is 27.4 Å². The highest BCUT2D eigenvalue weighted by Gasteiger charge is 2.46. The van der Waals surface area contributed by atoms with Gasteiger partial charge in [0.1, 0.15) is 19.6 Å². The van der Waals surface area contributed by atoms with Gasteiger partial charge in [-0.1, -0.05) is 0 Å². The molecule has 176 valence electrons. The van der Waals surface area contributed by atoms with Crippen molar-refractivity contribution in [1.82, 2.24) is 4.67 Å². The zero-order valence-electron chi connectivity index (χ0n) is 19.3. The number of hydrogen-bond acceptors (Lipinski definition) is 9. The first-order valence-electron chi connectivity index (χ1n) is 10.3. The highest BCUT2D eigenvalue weighted by atomic mass is 31.2. The van der Waals surface area contributed by atoms with Crippen molar-refractivity contribution in [2.24, 2.45) is 0 Å². The van der Waals surface area contributed by atoms with Gasteiger partial charge in [-0.3, -0.25) is 4.57 Å². The van der Waals surface area contributed by atoms with Crippen LogP contribution in [0.2, 0.25) is 0 Å². The van der Waals surface area contributed by atoms with Crippen molar-refractivity contribution in [1.29, 1.82) is 5.26 Å². The average molecular weight is 476 g/mol. The Labute approximate surface area is 188 Å². The van der Waals surface area contributed by atoms with Gasteiger partial charge in [0, 0.05) is 38.1 Å². The van der Waals surface area contributed by atoms with Crippen LogP contribution in [0.1, 0.15) is 47.0 Å². The summed E-state index contributed by atoms with van der Waals surface area (Å²) in [4.78, 5) is 0. The van der Waals surface area contributed by atoms with Crippen molar-refractivity contribution < 1.29 is 32.5 Å². The summed E-state index contributed by atoms with van der Waals surface area (Å²) < 4.78 is 42.8. The fourth-order valence-electron chi connectivity index (χ4n) is 3.27. The van der Waals surface area contributed by atoms with Gasteiger partial charge >= 0.3 is 7.60 Å². The van der Waals surface area contributed by atoms with E-state index >= 15 is 0 Å². The lowest BCUT2D eigenvalue weighted by atomic mass is 9.83. The fraction of sp³-hybridized carbons (Fsp3) is 0.842. The number of aliphatic hydroxyl groups is 1. The Bertz CT molecular complexity index is 646. The first-order valence-corrected chi connectivity index (χ1v) is 13.0. The third-order valence-electron chi connectivity index (χ3n) is 4.80. The van der Waals surface area contributed by atoms with E-state index in [1.54, 1.807) is 0 Å². The van der Waals surface area contributed by atoms with Crippen LogP contribution in [0.5, 0.6) is 0 Å². The molecule has 1 aliphatic rings. The summed E-state index contributed by atoms with van der Waals surface area (Å²) in [5, 5.41) is 19.2. The average Bonchev–Trinajstić information content (AvgIpc) is 2.73.